The highest BCUT2D eigenvalue weighted by Crippen LogP contribution is 2.20. The highest BCUT2D eigenvalue weighted by molar-refractivity contribution is 9.10. The molecule has 0 spiro atoms. The van der Waals surface area contributed by atoms with Crippen molar-refractivity contribution in [3.05, 3.63) is 15.9 Å². The average Bonchev–Trinajstić information content (AvgIpc) is 2.32. The molecule has 0 radical (unpaired) electrons. The van der Waals surface area contributed by atoms with Crippen LogP contribution < -0.4 is 5.73 Å². The van der Waals surface area contributed by atoms with Crippen molar-refractivity contribution in [1.82, 2.24) is 9.78 Å². The molecule has 0 fully saturated rings. The van der Waals surface area contributed by atoms with Crippen molar-refractivity contribution in [2.45, 2.75) is 13.5 Å². The number of nitrogens with two attached hydrogens (primary N) is 1. The van der Waals surface area contributed by atoms with Gasteiger partial charge in [-0.15, -0.1) is 0 Å². The molecule has 1 heterocycles. The molecule has 1 aromatic heterocycles. The number of hydrogen-bond acceptors (Lipinski definition) is 3. The predicted octanol–water partition coefficient (Wildman–Crippen LogP) is 0.966. The minimum atomic E-state index is 0.550. The lowest BCUT2D eigenvalue weighted by atomic mass is 10.4. The summed E-state index contributed by atoms with van der Waals surface area (Å²) in [6.07, 6.45) is 0. The SMILES string of the molecule is Cc1nn(C)c(COCCN)c1Br. The zero-order chi connectivity index (χ0) is 9.84. The van der Waals surface area contributed by atoms with Crippen LogP contribution in [0.4, 0.5) is 0 Å². The minimum Gasteiger partial charge on any atom is -0.374 e. The van der Waals surface area contributed by atoms with E-state index in [1.54, 1.807) is 0 Å². The Morgan fingerprint density at radius 2 is 2.31 bits per heavy atom. The zero-order valence-electron chi connectivity index (χ0n) is 7.88. The molecule has 0 aliphatic rings. The normalized spacial score (nSPS) is 10.8. The highest BCUT2D eigenvalue weighted by Gasteiger charge is 2.09. The van der Waals surface area contributed by atoms with Crippen LogP contribution in [0.1, 0.15) is 11.4 Å². The Morgan fingerprint density at radius 3 is 2.77 bits per heavy atom. The summed E-state index contributed by atoms with van der Waals surface area (Å²) in [7, 11) is 1.90. The van der Waals surface area contributed by atoms with E-state index < -0.39 is 0 Å². The molecule has 13 heavy (non-hydrogen) atoms. The van der Waals surface area contributed by atoms with Gasteiger partial charge in [0.15, 0.2) is 0 Å². The third kappa shape index (κ3) is 2.52. The first-order valence-corrected chi connectivity index (χ1v) is 4.92. The van der Waals surface area contributed by atoms with Crippen LogP contribution in [0.2, 0.25) is 0 Å². The summed E-state index contributed by atoms with van der Waals surface area (Å²) in [6, 6.07) is 0. The van der Waals surface area contributed by atoms with E-state index in [4.69, 9.17) is 10.5 Å². The molecule has 0 aliphatic carbocycles. The third-order valence-corrected chi connectivity index (χ3v) is 2.79. The fourth-order valence-corrected chi connectivity index (χ4v) is 1.54. The van der Waals surface area contributed by atoms with Crippen molar-refractivity contribution in [3.8, 4) is 0 Å². The molecular weight excluding hydrogens is 234 g/mol. The number of nitrogens with zero attached hydrogens (tertiary/aromatic N) is 2. The first-order valence-electron chi connectivity index (χ1n) is 4.12. The van der Waals surface area contributed by atoms with Crippen LogP contribution in [0.3, 0.4) is 0 Å². The van der Waals surface area contributed by atoms with Crippen LogP contribution in [-0.4, -0.2) is 22.9 Å². The number of ether oxygens (including phenoxy) is 1. The van der Waals surface area contributed by atoms with Gasteiger partial charge in [-0.1, -0.05) is 0 Å². The predicted molar refractivity (Wildman–Crippen MR) is 54.4 cm³/mol. The van der Waals surface area contributed by atoms with E-state index in [2.05, 4.69) is 21.0 Å². The average molecular weight is 248 g/mol. The maximum absolute atomic E-state index is 5.33. The number of aromatic nitrogens is 2. The lowest BCUT2D eigenvalue weighted by Crippen LogP contribution is -2.10. The van der Waals surface area contributed by atoms with Gasteiger partial charge in [-0.3, -0.25) is 4.68 Å². The van der Waals surface area contributed by atoms with Gasteiger partial charge in [-0.25, -0.2) is 0 Å². The van der Waals surface area contributed by atoms with Gasteiger partial charge in [0.1, 0.15) is 0 Å². The first kappa shape index (κ1) is 10.7. The second-order valence-corrected chi connectivity index (χ2v) is 3.60. The molecule has 0 atom stereocenters. The molecule has 2 N–H and O–H groups in total. The minimum absolute atomic E-state index is 0.550. The molecular formula is C8H14BrN3O. The Kier molecular flexibility index (Phi) is 3.90. The summed E-state index contributed by atoms with van der Waals surface area (Å²) in [5, 5.41) is 4.25. The van der Waals surface area contributed by atoms with E-state index in [-0.39, 0.29) is 0 Å². The van der Waals surface area contributed by atoms with Crippen molar-refractivity contribution in [2.75, 3.05) is 13.2 Å². The summed E-state index contributed by atoms with van der Waals surface area (Å²) in [5.74, 6) is 0. The molecule has 0 aromatic carbocycles. The quantitative estimate of drug-likeness (QED) is 0.807. The Bertz CT molecular complexity index is 285. The largest absolute Gasteiger partial charge is 0.374 e. The second kappa shape index (κ2) is 4.74. The smallest absolute Gasteiger partial charge is 0.0896 e. The van der Waals surface area contributed by atoms with E-state index in [0.29, 0.717) is 19.8 Å². The molecule has 0 saturated carbocycles. The Balaban J connectivity index is 2.64. The van der Waals surface area contributed by atoms with Crippen molar-refractivity contribution >= 4 is 15.9 Å². The molecule has 4 nitrogen and oxygen atoms in total. The van der Waals surface area contributed by atoms with Gasteiger partial charge in [0.25, 0.3) is 0 Å². The molecule has 0 bridgehead atoms. The molecule has 0 amide bonds. The first-order chi connectivity index (χ1) is 6.16. The lowest BCUT2D eigenvalue weighted by Gasteiger charge is -2.03. The van der Waals surface area contributed by atoms with Crippen LogP contribution >= 0.6 is 15.9 Å². The molecule has 74 valence electrons. The van der Waals surface area contributed by atoms with Crippen LogP contribution in [0.5, 0.6) is 0 Å². The molecule has 0 saturated heterocycles. The van der Waals surface area contributed by atoms with Gasteiger partial charge < -0.3 is 10.5 Å². The summed E-state index contributed by atoms with van der Waals surface area (Å²) in [4.78, 5) is 0. The van der Waals surface area contributed by atoms with Gasteiger partial charge >= 0.3 is 0 Å². The second-order valence-electron chi connectivity index (χ2n) is 2.81. The van der Waals surface area contributed by atoms with Crippen molar-refractivity contribution in [3.63, 3.8) is 0 Å². The summed E-state index contributed by atoms with van der Waals surface area (Å²) < 4.78 is 8.16. The number of rotatable bonds is 4. The van der Waals surface area contributed by atoms with E-state index >= 15 is 0 Å². The van der Waals surface area contributed by atoms with E-state index in [1.165, 1.54) is 0 Å². The topological polar surface area (TPSA) is 53.1 Å². The van der Waals surface area contributed by atoms with Crippen LogP contribution in [-0.2, 0) is 18.4 Å². The van der Waals surface area contributed by atoms with Crippen molar-refractivity contribution in [1.29, 1.82) is 0 Å². The van der Waals surface area contributed by atoms with Crippen LogP contribution in [0, 0.1) is 6.92 Å². The molecule has 5 heteroatoms. The van der Waals surface area contributed by atoms with E-state index in [1.807, 2.05) is 18.7 Å². The fraction of sp³-hybridized carbons (Fsp3) is 0.625. The third-order valence-electron chi connectivity index (χ3n) is 1.76. The van der Waals surface area contributed by atoms with Gasteiger partial charge in [0, 0.05) is 13.6 Å². The van der Waals surface area contributed by atoms with Crippen molar-refractivity contribution < 1.29 is 4.74 Å². The molecule has 1 rings (SSSR count). The standard InChI is InChI=1S/C8H14BrN3O/c1-6-8(9)7(12(2)11-6)5-13-4-3-10/h3-5,10H2,1-2H3. The van der Waals surface area contributed by atoms with Gasteiger partial charge in [-0.05, 0) is 22.9 Å². The maximum atomic E-state index is 5.33. The van der Waals surface area contributed by atoms with Gasteiger partial charge in [-0.2, -0.15) is 5.10 Å². The van der Waals surface area contributed by atoms with E-state index in [9.17, 15) is 0 Å². The zero-order valence-corrected chi connectivity index (χ0v) is 9.47. The fourth-order valence-electron chi connectivity index (χ4n) is 1.09. The monoisotopic (exact) mass is 247 g/mol. The van der Waals surface area contributed by atoms with Crippen LogP contribution in [0.25, 0.3) is 0 Å². The van der Waals surface area contributed by atoms with E-state index in [0.717, 1.165) is 15.9 Å². The lowest BCUT2D eigenvalue weighted by molar-refractivity contribution is 0.122. The Morgan fingerprint density at radius 1 is 1.62 bits per heavy atom. The molecule has 0 aliphatic heterocycles. The Labute approximate surface area is 86.2 Å². The van der Waals surface area contributed by atoms with Crippen LogP contribution in [0.15, 0.2) is 4.47 Å². The summed E-state index contributed by atoms with van der Waals surface area (Å²) in [6.45, 7) is 3.64. The van der Waals surface area contributed by atoms with Crippen molar-refractivity contribution in [2.24, 2.45) is 12.8 Å². The van der Waals surface area contributed by atoms with Gasteiger partial charge in [0.05, 0.1) is 29.1 Å². The molecule has 1 aromatic rings. The number of hydrogen-bond donors (Lipinski definition) is 1. The Hall–Kier alpha value is -0.390. The maximum Gasteiger partial charge on any atom is 0.0896 e. The summed E-state index contributed by atoms with van der Waals surface area (Å²) in [5.41, 5.74) is 7.34. The number of aryl methyl sites for hydroxylation is 2. The molecule has 0 unspecified atom stereocenters. The highest BCUT2D eigenvalue weighted by atomic mass is 79.9. The van der Waals surface area contributed by atoms with Gasteiger partial charge in [0.2, 0.25) is 0 Å². The summed E-state index contributed by atoms with van der Waals surface area (Å²) >= 11 is 3.46. The number of halogens is 1.